The first kappa shape index (κ1) is 12.6. The van der Waals surface area contributed by atoms with Gasteiger partial charge in [0.2, 0.25) is 11.8 Å². The first-order valence-electron chi connectivity index (χ1n) is 6.64. The predicted molar refractivity (Wildman–Crippen MR) is 65.4 cm³/mol. The molecule has 2 atom stereocenters. The Bertz CT molecular complexity index is 313. The second kappa shape index (κ2) is 5.17. The molecule has 1 heterocycles. The number of hydrogen-bond acceptors (Lipinski definition) is 3. The maximum absolute atomic E-state index is 11.9. The van der Waals surface area contributed by atoms with Gasteiger partial charge in [0.15, 0.2) is 0 Å². The van der Waals surface area contributed by atoms with Crippen molar-refractivity contribution in [1.29, 1.82) is 0 Å². The number of hydrogen-bond donors (Lipinski definition) is 1. The van der Waals surface area contributed by atoms with Crippen LogP contribution < -0.4 is 5.32 Å². The Kier molecular flexibility index (Phi) is 3.82. The molecule has 1 N–H and O–H groups in total. The molecule has 0 radical (unpaired) electrons. The lowest BCUT2D eigenvalue weighted by Crippen LogP contribution is -2.53. The van der Waals surface area contributed by atoms with Crippen LogP contribution in [-0.2, 0) is 9.59 Å². The second-order valence-electron chi connectivity index (χ2n) is 5.48. The number of nitrogens with zero attached hydrogens (tertiary/aromatic N) is 1. The quantitative estimate of drug-likeness (QED) is 0.751. The Hall–Kier alpha value is -0.900. The molecule has 1 aliphatic heterocycles. The van der Waals surface area contributed by atoms with Gasteiger partial charge in [-0.05, 0) is 25.7 Å². The van der Waals surface area contributed by atoms with Crippen molar-refractivity contribution in [1.82, 2.24) is 10.2 Å². The zero-order chi connectivity index (χ0) is 12.4. The van der Waals surface area contributed by atoms with Gasteiger partial charge >= 0.3 is 0 Å². The number of carbonyl (C=O) groups is 2. The maximum Gasteiger partial charge on any atom is 0.246 e. The van der Waals surface area contributed by atoms with Gasteiger partial charge in [0.1, 0.15) is 0 Å². The van der Waals surface area contributed by atoms with Gasteiger partial charge < -0.3 is 5.32 Å². The molecule has 2 rings (SSSR count). The van der Waals surface area contributed by atoms with Crippen molar-refractivity contribution in [3.8, 4) is 0 Å². The number of imide groups is 1. The van der Waals surface area contributed by atoms with E-state index in [1.54, 1.807) is 7.05 Å². The standard InChI is InChI=1S/C13H22N2O2/c1-9(8-10-4-3-5-10)14-11-6-7-12(16)15(2)13(11)17/h9-11,14H,3-8H2,1-2H3. The Morgan fingerprint density at radius 2 is 2.06 bits per heavy atom. The topological polar surface area (TPSA) is 49.4 Å². The van der Waals surface area contributed by atoms with E-state index in [4.69, 9.17) is 0 Å². The zero-order valence-electron chi connectivity index (χ0n) is 10.7. The van der Waals surface area contributed by atoms with Crippen LogP contribution in [0.5, 0.6) is 0 Å². The molecule has 2 fully saturated rings. The SMILES string of the molecule is CC(CC1CCC1)NC1CCC(=O)N(C)C1=O. The molecule has 96 valence electrons. The third-order valence-electron chi connectivity index (χ3n) is 4.05. The monoisotopic (exact) mass is 238 g/mol. The molecule has 1 aliphatic carbocycles. The van der Waals surface area contributed by atoms with Gasteiger partial charge in [-0.25, -0.2) is 0 Å². The predicted octanol–water partition coefficient (Wildman–Crippen LogP) is 1.30. The lowest BCUT2D eigenvalue weighted by molar-refractivity contribution is -0.148. The van der Waals surface area contributed by atoms with E-state index in [2.05, 4.69) is 12.2 Å². The van der Waals surface area contributed by atoms with Crippen LogP contribution in [-0.4, -0.2) is 35.8 Å². The molecular weight excluding hydrogens is 216 g/mol. The summed E-state index contributed by atoms with van der Waals surface area (Å²) in [6, 6.07) is 0.212. The lowest BCUT2D eigenvalue weighted by Gasteiger charge is -2.33. The Morgan fingerprint density at radius 3 is 2.65 bits per heavy atom. The highest BCUT2D eigenvalue weighted by Gasteiger charge is 2.32. The fourth-order valence-corrected chi connectivity index (χ4v) is 2.71. The normalized spacial score (nSPS) is 28.1. The third kappa shape index (κ3) is 2.86. The van der Waals surface area contributed by atoms with Gasteiger partial charge in [-0.3, -0.25) is 14.5 Å². The van der Waals surface area contributed by atoms with Crippen LogP contribution >= 0.6 is 0 Å². The van der Waals surface area contributed by atoms with Gasteiger partial charge in [0.25, 0.3) is 0 Å². The molecule has 0 aromatic rings. The van der Waals surface area contributed by atoms with Crippen LogP contribution in [0, 0.1) is 5.92 Å². The van der Waals surface area contributed by atoms with Crippen LogP contribution in [0.3, 0.4) is 0 Å². The molecular formula is C13H22N2O2. The minimum absolute atomic E-state index is 0.0558. The largest absolute Gasteiger partial charge is 0.303 e. The van der Waals surface area contributed by atoms with Crippen LogP contribution in [0.2, 0.25) is 0 Å². The summed E-state index contributed by atoms with van der Waals surface area (Å²) in [5.74, 6) is 0.719. The Labute approximate surface area is 103 Å². The first-order valence-corrected chi connectivity index (χ1v) is 6.64. The van der Waals surface area contributed by atoms with Crippen LogP contribution in [0.15, 0.2) is 0 Å². The van der Waals surface area contributed by atoms with E-state index >= 15 is 0 Å². The molecule has 4 heteroatoms. The number of nitrogens with one attached hydrogen (secondary N) is 1. The molecule has 0 aromatic heterocycles. The van der Waals surface area contributed by atoms with Crippen LogP contribution in [0.1, 0.15) is 45.4 Å². The molecule has 17 heavy (non-hydrogen) atoms. The van der Waals surface area contributed by atoms with Gasteiger partial charge in [-0.15, -0.1) is 0 Å². The average Bonchev–Trinajstić information content (AvgIpc) is 2.25. The number of rotatable bonds is 4. The van der Waals surface area contributed by atoms with E-state index in [0.717, 1.165) is 12.3 Å². The number of likely N-dealkylation sites (N-methyl/N-ethyl adjacent to an activating group) is 1. The van der Waals surface area contributed by atoms with Crippen LogP contribution in [0.25, 0.3) is 0 Å². The van der Waals surface area contributed by atoms with Crippen LogP contribution in [0.4, 0.5) is 0 Å². The van der Waals surface area contributed by atoms with Crippen molar-refractivity contribution in [2.24, 2.45) is 5.92 Å². The molecule has 0 spiro atoms. The van der Waals surface area contributed by atoms with E-state index in [0.29, 0.717) is 18.9 Å². The molecule has 4 nitrogen and oxygen atoms in total. The summed E-state index contributed by atoms with van der Waals surface area (Å²) < 4.78 is 0. The van der Waals surface area contributed by atoms with Crippen molar-refractivity contribution in [2.75, 3.05) is 7.05 Å². The van der Waals surface area contributed by atoms with Crippen molar-refractivity contribution < 1.29 is 9.59 Å². The molecule has 0 bridgehead atoms. The molecule has 2 aliphatic rings. The number of amides is 2. The van der Waals surface area contributed by atoms with E-state index < -0.39 is 0 Å². The van der Waals surface area contributed by atoms with E-state index in [-0.39, 0.29) is 17.9 Å². The molecule has 2 unspecified atom stereocenters. The summed E-state index contributed by atoms with van der Waals surface area (Å²) in [6.45, 7) is 2.14. The van der Waals surface area contributed by atoms with E-state index in [1.807, 2.05) is 0 Å². The van der Waals surface area contributed by atoms with E-state index in [1.165, 1.54) is 24.2 Å². The van der Waals surface area contributed by atoms with Gasteiger partial charge in [0, 0.05) is 19.5 Å². The fourth-order valence-electron chi connectivity index (χ4n) is 2.71. The minimum Gasteiger partial charge on any atom is -0.303 e. The molecule has 1 saturated heterocycles. The summed E-state index contributed by atoms with van der Waals surface area (Å²) in [6.07, 6.45) is 6.32. The Morgan fingerprint density at radius 1 is 1.35 bits per heavy atom. The summed E-state index contributed by atoms with van der Waals surface area (Å²) >= 11 is 0. The maximum atomic E-state index is 11.9. The van der Waals surface area contributed by atoms with Gasteiger partial charge in [-0.2, -0.15) is 0 Å². The number of carbonyl (C=O) groups excluding carboxylic acids is 2. The highest BCUT2D eigenvalue weighted by atomic mass is 16.2. The zero-order valence-corrected chi connectivity index (χ0v) is 10.7. The summed E-state index contributed by atoms with van der Waals surface area (Å²) in [4.78, 5) is 24.5. The smallest absolute Gasteiger partial charge is 0.246 e. The summed E-state index contributed by atoms with van der Waals surface area (Å²) in [5, 5.41) is 3.38. The fraction of sp³-hybridized carbons (Fsp3) is 0.846. The van der Waals surface area contributed by atoms with Crippen molar-refractivity contribution in [3.63, 3.8) is 0 Å². The van der Waals surface area contributed by atoms with Crippen molar-refractivity contribution in [3.05, 3.63) is 0 Å². The lowest BCUT2D eigenvalue weighted by atomic mass is 9.81. The van der Waals surface area contributed by atoms with Crippen molar-refractivity contribution >= 4 is 11.8 Å². The molecule has 1 saturated carbocycles. The second-order valence-corrected chi connectivity index (χ2v) is 5.48. The Balaban J connectivity index is 1.81. The number of likely N-dealkylation sites (tertiary alicyclic amines) is 1. The first-order chi connectivity index (χ1) is 8.08. The van der Waals surface area contributed by atoms with E-state index in [9.17, 15) is 9.59 Å². The van der Waals surface area contributed by atoms with Gasteiger partial charge in [-0.1, -0.05) is 19.3 Å². The van der Waals surface area contributed by atoms with Crippen molar-refractivity contribution in [2.45, 2.75) is 57.5 Å². The average molecular weight is 238 g/mol. The highest BCUT2D eigenvalue weighted by molar-refractivity contribution is 6.00. The summed E-state index contributed by atoms with van der Waals surface area (Å²) in [5.41, 5.74) is 0. The highest BCUT2D eigenvalue weighted by Crippen LogP contribution is 2.30. The minimum atomic E-state index is -0.159. The third-order valence-corrected chi connectivity index (χ3v) is 4.05. The van der Waals surface area contributed by atoms with Gasteiger partial charge in [0.05, 0.1) is 6.04 Å². The number of piperidine rings is 1. The molecule has 2 amide bonds. The molecule has 0 aromatic carbocycles. The summed E-state index contributed by atoms with van der Waals surface area (Å²) in [7, 11) is 1.58.